The molecule has 0 radical (unpaired) electrons. The van der Waals surface area contributed by atoms with Gasteiger partial charge in [-0.3, -0.25) is 4.40 Å². The first kappa shape index (κ1) is 16.1. The van der Waals surface area contributed by atoms with Gasteiger partial charge in [0.2, 0.25) is 0 Å². The van der Waals surface area contributed by atoms with Gasteiger partial charge in [-0.2, -0.15) is 0 Å². The number of benzene rings is 1. The van der Waals surface area contributed by atoms with Gasteiger partial charge in [0.15, 0.2) is 5.82 Å². The van der Waals surface area contributed by atoms with Crippen LogP contribution in [0.25, 0.3) is 28.3 Å². The second kappa shape index (κ2) is 6.15. The van der Waals surface area contributed by atoms with Gasteiger partial charge in [-0.15, -0.1) is 0 Å². The van der Waals surface area contributed by atoms with E-state index in [1.165, 1.54) is 0 Å². The van der Waals surface area contributed by atoms with Crippen LogP contribution in [0.1, 0.15) is 5.56 Å². The Morgan fingerprint density at radius 3 is 2.62 bits per heavy atom. The predicted molar refractivity (Wildman–Crippen MR) is 105 cm³/mol. The summed E-state index contributed by atoms with van der Waals surface area (Å²) in [5, 5.41) is 0. The molecule has 6 nitrogen and oxygen atoms in total. The lowest BCUT2D eigenvalue weighted by molar-refractivity contribution is 1.02. The molecule has 26 heavy (non-hydrogen) atoms. The highest BCUT2D eigenvalue weighted by Gasteiger charge is 2.11. The standard InChI is InChI=1S/C20H20N6/c1-13-11-23-19(24-20(13)25(2)3)15-7-8-26-17(12-22-18(26)10-15)14-5-4-6-16(21)9-14/h4-12H,21H2,1-3H3. The van der Waals surface area contributed by atoms with Crippen LogP contribution in [0, 0.1) is 6.92 Å². The van der Waals surface area contributed by atoms with Crippen LogP contribution in [0.2, 0.25) is 0 Å². The van der Waals surface area contributed by atoms with E-state index in [1.807, 2.05) is 85.3 Å². The lowest BCUT2D eigenvalue weighted by Gasteiger charge is -2.14. The number of aryl methyl sites for hydroxylation is 1. The molecule has 0 amide bonds. The molecule has 0 fully saturated rings. The quantitative estimate of drug-likeness (QED) is 0.577. The van der Waals surface area contributed by atoms with Gasteiger partial charge in [0.25, 0.3) is 0 Å². The van der Waals surface area contributed by atoms with Gasteiger partial charge in [0.1, 0.15) is 11.5 Å². The Labute approximate surface area is 152 Å². The summed E-state index contributed by atoms with van der Waals surface area (Å²) in [5.74, 6) is 1.61. The summed E-state index contributed by atoms with van der Waals surface area (Å²) in [7, 11) is 3.96. The van der Waals surface area contributed by atoms with E-state index in [9.17, 15) is 0 Å². The molecule has 6 heteroatoms. The van der Waals surface area contributed by atoms with E-state index in [1.54, 1.807) is 0 Å². The smallest absolute Gasteiger partial charge is 0.161 e. The topological polar surface area (TPSA) is 72.3 Å². The number of rotatable bonds is 3. The van der Waals surface area contributed by atoms with E-state index >= 15 is 0 Å². The van der Waals surface area contributed by atoms with Crippen LogP contribution in [0.5, 0.6) is 0 Å². The molecule has 0 aliphatic carbocycles. The van der Waals surface area contributed by atoms with Gasteiger partial charge < -0.3 is 10.6 Å². The molecular weight excluding hydrogens is 324 g/mol. The summed E-state index contributed by atoms with van der Waals surface area (Å²) in [6, 6.07) is 11.8. The second-order valence-corrected chi connectivity index (χ2v) is 6.51. The molecule has 3 heterocycles. The van der Waals surface area contributed by atoms with Crippen LogP contribution in [0.15, 0.2) is 55.0 Å². The highest BCUT2D eigenvalue weighted by atomic mass is 15.2. The molecule has 2 N–H and O–H groups in total. The number of nitrogen functional groups attached to an aromatic ring is 1. The Hall–Kier alpha value is -3.41. The summed E-state index contributed by atoms with van der Waals surface area (Å²) in [6.07, 6.45) is 5.70. The summed E-state index contributed by atoms with van der Waals surface area (Å²) in [5.41, 5.74) is 11.5. The Balaban J connectivity index is 1.79. The van der Waals surface area contributed by atoms with Crippen LogP contribution in [0.3, 0.4) is 0 Å². The van der Waals surface area contributed by atoms with Crippen LogP contribution in [-0.2, 0) is 0 Å². The van der Waals surface area contributed by atoms with E-state index in [2.05, 4.69) is 15.0 Å². The van der Waals surface area contributed by atoms with Crippen LogP contribution in [-0.4, -0.2) is 33.4 Å². The molecular formula is C20H20N6. The van der Waals surface area contributed by atoms with E-state index in [4.69, 9.17) is 5.73 Å². The largest absolute Gasteiger partial charge is 0.399 e. The minimum atomic E-state index is 0.690. The van der Waals surface area contributed by atoms with Crippen molar-refractivity contribution in [3.8, 4) is 22.6 Å². The van der Waals surface area contributed by atoms with Crippen molar-refractivity contribution in [2.45, 2.75) is 6.92 Å². The van der Waals surface area contributed by atoms with Crippen molar-refractivity contribution < 1.29 is 0 Å². The first-order valence-electron chi connectivity index (χ1n) is 8.37. The summed E-state index contributed by atoms with van der Waals surface area (Å²) in [4.78, 5) is 15.7. The fraction of sp³-hybridized carbons (Fsp3) is 0.150. The average molecular weight is 344 g/mol. The van der Waals surface area contributed by atoms with Crippen LogP contribution < -0.4 is 10.6 Å². The van der Waals surface area contributed by atoms with E-state index in [0.717, 1.165) is 39.5 Å². The van der Waals surface area contributed by atoms with E-state index in [-0.39, 0.29) is 0 Å². The molecule has 0 atom stereocenters. The number of hydrogen-bond acceptors (Lipinski definition) is 5. The van der Waals surface area contributed by atoms with Crippen molar-refractivity contribution in [3.05, 3.63) is 60.6 Å². The van der Waals surface area contributed by atoms with Gasteiger partial charge in [-0.25, -0.2) is 15.0 Å². The zero-order valence-corrected chi connectivity index (χ0v) is 15.0. The molecule has 0 unspecified atom stereocenters. The van der Waals surface area contributed by atoms with E-state index < -0.39 is 0 Å². The molecule has 0 bridgehead atoms. The molecule has 0 saturated carbocycles. The van der Waals surface area contributed by atoms with Crippen molar-refractivity contribution in [3.63, 3.8) is 0 Å². The predicted octanol–water partition coefficient (Wildman–Crippen LogP) is 3.41. The zero-order chi connectivity index (χ0) is 18.3. The van der Waals surface area contributed by atoms with Gasteiger partial charge in [-0.05, 0) is 31.2 Å². The minimum Gasteiger partial charge on any atom is -0.399 e. The third-order valence-corrected chi connectivity index (χ3v) is 4.32. The van der Waals surface area contributed by atoms with Crippen molar-refractivity contribution in [2.75, 3.05) is 24.7 Å². The first-order valence-corrected chi connectivity index (χ1v) is 8.37. The third kappa shape index (κ3) is 2.75. The Morgan fingerprint density at radius 1 is 1.00 bits per heavy atom. The normalized spacial score (nSPS) is 11.0. The molecule has 4 rings (SSSR count). The van der Waals surface area contributed by atoms with Crippen LogP contribution in [0.4, 0.5) is 11.5 Å². The fourth-order valence-corrected chi connectivity index (χ4v) is 3.06. The summed E-state index contributed by atoms with van der Waals surface area (Å²) < 4.78 is 2.04. The number of aromatic nitrogens is 4. The number of nitrogens with two attached hydrogens (primary N) is 1. The minimum absolute atomic E-state index is 0.690. The number of imidazole rings is 1. The van der Waals surface area contributed by atoms with Gasteiger partial charge >= 0.3 is 0 Å². The molecule has 0 aliphatic rings. The summed E-state index contributed by atoms with van der Waals surface area (Å²) >= 11 is 0. The monoisotopic (exact) mass is 344 g/mol. The number of fused-ring (bicyclic) bond motifs is 1. The van der Waals surface area contributed by atoms with E-state index in [0.29, 0.717) is 5.82 Å². The highest BCUT2D eigenvalue weighted by molar-refractivity contribution is 5.70. The van der Waals surface area contributed by atoms with Gasteiger partial charge in [0.05, 0.1) is 11.9 Å². The maximum absolute atomic E-state index is 5.91. The molecule has 130 valence electrons. The van der Waals surface area contributed by atoms with Crippen molar-refractivity contribution in [1.29, 1.82) is 0 Å². The molecule has 0 spiro atoms. The summed E-state index contributed by atoms with van der Waals surface area (Å²) in [6.45, 7) is 2.01. The lowest BCUT2D eigenvalue weighted by atomic mass is 10.1. The first-order chi connectivity index (χ1) is 12.5. The molecule has 0 saturated heterocycles. The molecule has 3 aromatic heterocycles. The number of hydrogen-bond donors (Lipinski definition) is 1. The number of nitrogens with zero attached hydrogens (tertiary/aromatic N) is 5. The van der Waals surface area contributed by atoms with Crippen molar-refractivity contribution in [1.82, 2.24) is 19.4 Å². The number of anilines is 2. The lowest BCUT2D eigenvalue weighted by Crippen LogP contribution is -2.13. The van der Waals surface area contributed by atoms with Gasteiger partial charge in [-0.1, -0.05) is 12.1 Å². The zero-order valence-electron chi connectivity index (χ0n) is 15.0. The van der Waals surface area contributed by atoms with Crippen LogP contribution >= 0.6 is 0 Å². The maximum atomic E-state index is 5.91. The Morgan fingerprint density at radius 2 is 1.85 bits per heavy atom. The average Bonchev–Trinajstić information content (AvgIpc) is 3.05. The second-order valence-electron chi connectivity index (χ2n) is 6.51. The fourth-order valence-electron chi connectivity index (χ4n) is 3.06. The molecule has 0 aliphatic heterocycles. The third-order valence-electron chi connectivity index (χ3n) is 4.32. The Bertz CT molecular complexity index is 1100. The molecule has 4 aromatic rings. The SMILES string of the molecule is Cc1cnc(-c2ccn3c(-c4cccc(N)c4)cnc3c2)nc1N(C)C. The molecule has 1 aromatic carbocycles. The highest BCUT2D eigenvalue weighted by Crippen LogP contribution is 2.26. The maximum Gasteiger partial charge on any atom is 0.161 e. The van der Waals surface area contributed by atoms with Crippen molar-refractivity contribution >= 4 is 17.2 Å². The number of pyridine rings is 1. The van der Waals surface area contributed by atoms with Crippen molar-refractivity contribution in [2.24, 2.45) is 0 Å². The Kier molecular flexibility index (Phi) is 3.80. The van der Waals surface area contributed by atoms with Gasteiger partial charge in [0, 0.05) is 48.9 Å².